The third kappa shape index (κ3) is 3.37. The molecule has 1 rings (SSSR count). The lowest BCUT2D eigenvalue weighted by atomic mass is 10.1. The topological polar surface area (TPSA) is 64.8 Å². The summed E-state index contributed by atoms with van der Waals surface area (Å²) in [4.78, 5) is 13.3. The monoisotopic (exact) mass is 252 g/mol. The Labute approximate surface area is 107 Å². The fourth-order valence-electron chi connectivity index (χ4n) is 1.72. The van der Waals surface area contributed by atoms with E-state index in [-0.39, 0.29) is 12.5 Å². The average Bonchev–Trinajstić information content (AvgIpc) is 2.43. The van der Waals surface area contributed by atoms with Crippen LogP contribution in [0.5, 0.6) is 11.5 Å². The molecule has 0 aliphatic carbocycles. The zero-order chi connectivity index (χ0) is 13.5. The smallest absolute Gasteiger partial charge is 0.236 e. The Morgan fingerprint density at radius 1 is 1.33 bits per heavy atom. The van der Waals surface area contributed by atoms with Gasteiger partial charge in [-0.15, -0.1) is 0 Å². The van der Waals surface area contributed by atoms with E-state index in [9.17, 15) is 4.79 Å². The van der Waals surface area contributed by atoms with Crippen LogP contribution in [0.15, 0.2) is 18.2 Å². The normalized spacial score (nSPS) is 10.0. The second-order valence-corrected chi connectivity index (χ2v) is 3.79. The summed E-state index contributed by atoms with van der Waals surface area (Å²) in [7, 11) is 3.21. The first-order valence-electron chi connectivity index (χ1n) is 5.85. The first kappa shape index (κ1) is 14.3. The minimum absolute atomic E-state index is 0.0140. The molecule has 0 saturated heterocycles. The number of nitrogens with two attached hydrogens (primary N) is 1. The van der Waals surface area contributed by atoms with Gasteiger partial charge in [-0.25, -0.2) is 0 Å². The van der Waals surface area contributed by atoms with E-state index in [1.165, 1.54) is 0 Å². The van der Waals surface area contributed by atoms with Crippen LogP contribution in [0.1, 0.15) is 12.5 Å². The number of ether oxygens (including phenoxy) is 2. The van der Waals surface area contributed by atoms with Gasteiger partial charge in [-0.3, -0.25) is 4.79 Å². The Morgan fingerprint density at radius 2 is 2.06 bits per heavy atom. The lowest BCUT2D eigenvalue weighted by Crippen LogP contribution is -2.35. The van der Waals surface area contributed by atoms with Gasteiger partial charge >= 0.3 is 0 Å². The van der Waals surface area contributed by atoms with Gasteiger partial charge in [0.05, 0.1) is 20.8 Å². The van der Waals surface area contributed by atoms with Crippen molar-refractivity contribution in [2.45, 2.75) is 13.5 Å². The second kappa shape index (κ2) is 6.86. The Hall–Kier alpha value is -1.75. The first-order valence-corrected chi connectivity index (χ1v) is 5.85. The molecule has 0 aliphatic heterocycles. The van der Waals surface area contributed by atoms with Crippen LogP contribution in [-0.4, -0.2) is 38.1 Å². The van der Waals surface area contributed by atoms with Crippen molar-refractivity contribution in [1.29, 1.82) is 0 Å². The van der Waals surface area contributed by atoms with Crippen molar-refractivity contribution < 1.29 is 14.3 Å². The predicted octanol–water partition coefficient (Wildman–Crippen LogP) is 1.01. The van der Waals surface area contributed by atoms with E-state index in [4.69, 9.17) is 15.2 Å². The highest BCUT2D eigenvalue weighted by Crippen LogP contribution is 2.25. The number of carbonyl (C=O) groups is 1. The van der Waals surface area contributed by atoms with Crippen LogP contribution >= 0.6 is 0 Å². The Kier molecular flexibility index (Phi) is 5.45. The Balaban J connectivity index is 2.96. The fourth-order valence-corrected chi connectivity index (χ4v) is 1.72. The van der Waals surface area contributed by atoms with E-state index < -0.39 is 0 Å². The molecule has 0 bridgehead atoms. The maximum atomic E-state index is 11.6. The van der Waals surface area contributed by atoms with Gasteiger partial charge in [0, 0.05) is 18.7 Å². The summed E-state index contributed by atoms with van der Waals surface area (Å²) in [6.07, 6.45) is 0. The third-order valence-electron chi connectivity index (χ3n) is 2.76. The van der Waals surface area contributed by atoms with Gasteiger partial charge in [0.2, 0.25) is 5.91 Å². The van der Waals surface area contributed by atoms with Gasteiger partial charge in [-0.1, -0.05) is 0 Å². The molecular weight excluding hydrogens is 232 g/mol. The summed E-state index contributed by atoms with van der Waals surface area (Å²) in [6, 6.07) is 5.52. The highest BCUT2D eigenvalue weighted by atomic mass is 16.5. The zero-order valence-electron chi connectivity index (χ0n) is 11.1. The van der Waals surface area contributed by atoms with E-state index in [0.29, 0.717) is 13.1 Å². The molecule has 1 amide bonds. The van der Waals surface area contributed by atoms with Gasteiger partial charge in [-0.05, 0) is 25.1 Å². The van der Waals surface area contributed by atoms with Crippen LogP contribution in [0.25, 0.3) is 0 Å². The molecule has 0 fully saturated rings. The van der Waals surface area contributed by atoms with Gasteiger partial charge in [0.1, 0.15) is 11.5 Å². The Bertz CT molecular complexity index is 407. The first-order chi connectivity index (χ1) is 8.65. The van der Waals surface area contributed by atoms with Crippen LogP contribution < -0.4 is 15.2 Å². The van der Waals surface area contributed by atoms with Crippen molar-refractivity contribution in [3.8, 4) is 11.5 Å². The van der Waals surface area contributed by atoms with Crippen molar-refractivity contribution in [2.75, 3.05) is 27.3 Å². The van der Waals surface area contributed by atoms with Gasteiger partial charge in [0.15, 0.2) is 0 Å². The summed E-state index contributed by atoms with van der Waals surface area (Å²) in [5.74, 6) is 1.39. The SMILES string of the molecule is CCN(Cc1cc(OC)ccc1OC)C(=O)CN. The van der Waals surface area contributed by atoms with E-state index in [1.807, 2.05) is 25.1 Å². The number of hydrogen-bond acceptors (Lipinski definition) is 4. The molecule has 0 aromatic heterocycles. The molecule has 18 heavy (non-hydrogen) atoms. The molecule has 1 aromatic carbocycles. The molecule has 2 N–H and O–H groups in total. The maximum absolute atomic E-state index is 11.6. The summed E-state index contributed by atoms with van der Waals surface area (Å²) >= 11 is 0. The summed E-state index contributed by atoms with van der Waals surface area (Å²) in [5.41, 5.74) is 6.28. The number of methoxy groups -OCH3 is 2. The molecular formula is C13H20N2O3. The Morgan fingerprint density at radius 3 is 2.56 bits per heavy atom. The molecule has 1 aromatic rings. The van der Waals surface area contributed by atoms with Crippen molar-refractivity contribution >= 4 is 5.91 Å². The second-order valence-electron chi connectivity index (χ2n) is 3.79. The maximum Gasteiger partial charge on any atom is 0.236 e. The highest BCUT2D eigenvalue weighted by Gasteiger charge is 2.13. The molecule has 5 heteroatoms. The van der Waals surface area contributed by atoms with Crippen molar-refractivity contribution in [3.63, 3.8) is 0 Å². The van der Waals surface area contributed by atoms with Gasteiger partial charge in [-0.2, -0.15) is 0 Å². The number of hydrogen-bond donors (Lipinski definition) is 1. The van der Waals surface area contributed by atoms with Crippen LogP contribution in [0.3, 0.4) is 0 Å². The summed E-state index contributed by atoms with van der Waals surface area (Å²) in [5, 5.41) is 0. The van der Waals surface area contributed by atoms with Crippen LogP contribution in [0.2, 0.25) is 0 Å². The summed E-state index contributed by atoms with van der Waals surface area (Å²) in [6.45, 7) is 3.00. The molecule has 0 saturated carbocycles. The molecule has 0 heterocycles. The number of rotatable bonds is 6. The van der Waals surface area contributed by atoms with Gasteiger partial charge < -0.3 is 20.1 Å². The van der Waals surface area contributed by atoms with Crippen LogP contribution in [0, 0.1) is 0 Å². The fraction of sp³-hybridized carbons (Fsp3) is 0.462. The van der Waals surface area contributed by atoms with Gasteiger partial charge in [0.25, 0.3) is 0 Å². The standard InChI is InChI=1S/C13H20N2O3/c1-4-15(13(16)8-14)9-10-7-11(17-2)5-6-12(10)18-3/h5-7H,4,8-9,14H2,1-3H3. The number of likely N-dealkylation sites (N-methyl/N-ethyl adjacent to an activating group) is 1. The molecule has 0 unspecified atom stereocenters. The lowest BCUT2D eigenvalue weighted by Gasteiger charge is -2.21. The molecule has 100 valence electrons. The molecule has 0 aliphatic rings. The number of nitrogens with zero attached hydrogens (tertiary/aromatic N) is 1. The predicted molar refractivity (Wildman–Crippen MR) is 69.7 cm³/mol. The van der Waals surface area contributed by atoms with E-state index in [0.717, 1.165) is 17.1 Å². The molecule has 0 radical (unpaired) electrons. The van der Waals surface area contributed by atoms with Crippen LogP contribution in [-0.2, 0) is 11.3 Å². The average molecular weight is 252 g/mol. The minimum atomic E-state index is -0.0811. The largest absolute Gasteiger partial charge is 0.497 e. The number of benzene rings is 1. The lowest BCUT2D eigenvalue weighted by molar-refractivity contribution is -0.130. The van der Waals surface area contributed by atoms with Crippen molar-refractivity contribution in [3.05, 3.63) is 23.8 Å². The van der Waals surface area contributed by atoms with E-state index in [2.05, 4.69) is 0 Å². The van der Waals surface area contributed by atoms with E-state index in [1.54, 1.807) is 19.1 Å². The quantitative estimate of drug-likeness (QED) is 0.820. The molecule has 0 spiro atoms. The number of amides is 1. The van der Waals surface area contributed by atoms with Crippen LogP contribution in [0.4, 0.5) is 0 Å². The van der Waals surface area contributed by atoms with E-state index >= 15 is 0 Å². The zero-order valence-corrected chi connectivity index (χ0v) is 11.1. The molecule has 0 atom stereocenters. The van der Waals surface area contributed by atoms with Crippen molar-refractivity contribution in [1.82, 2.24) is 4.90 Å². The minimum Gasteiger partial charge on any atom is -0.497 e. The van der Waals surface area contributed by atoms with Crippen molar-refractivity contribution in [2.24, 2.45) is 5.73 Å². The highest BCUT2D eigenvalue weighted by molar-refractivity contribution is 5.78. The molecule has 5 nitrogen and oxygen atoms in total. The third-order valence-corrected chi connectivity index (χ3v) is 2.76. The number of carbonyl (C=O) groups excluding carboxylic acids is 1. The summed E-state index contributed by atoms with van der Waals surface area (Å²) < 4.78 is 10.5.